The van der Waals surface area contributed by atoms with E-state index in [4.69, 9.17) is 23.2 Å². The summed E-state index contributed by atoms with van der Waals surface area (Å²) in [6, 6.07) is 14.3. The van der Waals surface area contributed by atoms with Gasteiger partial charge in [0.15, 0.2) is 0 Å². The van der Waals surface area contributed by atoms with E-state index in [0.29, 0.717) is 5.02 Å². The molecule has 2 N–H and O–H groups in total. The molecule has 3 aromatic rings. The lowest BCUT2D eigenvalue weighted by molar-refractivity contribution is -0.114. The third kappa shape index (κ3) is 6.67. The molecule has 0 saturated heterocycles. The quantitative estimate of drug-likeness (QED) is 0.483. The number of hydrogen-bond acceptors (Lipinski definition) is 5. The number of nitrogens with one attached hydrogen (secondary N) is 2. The number of amides is 2. The maximum Gasteiger partial charge on any atom is 0.253 e. The number of halogens is 2. The first kappa shape index (κ1) is 24.5. The highest BCUT2D eigenvalue weighted by Gasteiger charge is 2.24. The number of nitrogens with zero attached hydrogens (tertiary/aromatic N) is 2. The van der Waals surface area contributed by atoms with E-state index in [1.165, 1.54) is 18.2 Å². The summed E-state index contributed by atoms with van der Waals surface area (Å²) in [6.07, 6.45) is 4.23. The van der Waals surface area contributed by atoms with Gasteiger partial charge in [0.05, 0.1) is 28.2 Å². The molecule has 0 aliphatic rings. The van der Waals surface area contributed by atoms with Crippen LogP contribution in [0.4, 0.5) is 11.4 Å². The zero-order chi connectivity index (χ0) is 24.0. The number of anilines is 2. The van der Waals surface area contributed by atoms with E-state index in [9.17, 15) is 18.0 Å². The number of aromatic nitrogens is 1. The smallest absolute Gasteiger partial charge is 0.253 e. The molecule has 0 spiro atoms. The molecule has 2 amide bonds. The Morgan fingerprint density at radius 3 is 2.48 bits per heavy atom. The van der Waals surface area contributed by atoms with Crippen molar-refractivity contribution in [1.82, 2.24) is 10.3 Å². The van der Waals surface area contributed by atoms with Gasteiger partial charge in [-0.2, -0.15) is 0 Å². The Morgan fingerprint density at radius 1 is 1.06 bits per heavy atom. The molecule has 0 aliphatic heterocycles. The van der Waals surface area contributed by atoms with Gasteiger partial charge in [-0.3, -0.25) is 18.9 Å². The van der Waals surface area contributed by atoms with Crippen molar-refractivity contribution in [1.29, 1.82) is 0 Å². The maximum absolute atomic E-state index is 12.7. The van der Waals surface area contributed by atoms with E-state index in [1.807, 2.05) is 6.07 Å². The SMILES string of the molecule is CS(=O)(=O)N(CC(=O)Nc1ccccc1C(=O)NCc1cccnc1)c1ccc(Cl)cc1Cl. The Morgan fingerprint density at radius 2 is 1.82 bits per heavy atom. The van der Waals surface area contributed by atoms with Crippen LogP contribution in [0, 0.1) is 0 Å². The van der Waals surface area contributed by atoms with Gasteiger partial charge in [-0.1, -0.05) is 41.4 Å². The van der Waals surface area contributed by atoms with Crippen molar-refractivity contribution in [3.63, 3.8) is 0 Å². The second-order valence-corrected chi connectivity index (χ2v) is 9.75. The summed E-state index contributed by atoms with van der Waals surface area (Å²) in [5.41, 5.74) is 1.39. The summed E-state index contributed by atoms with van der Waals surface area (Å²) >= 11 is 12.0. The monoisotopic (exact) mass is 506 g/mol. The topological polar surface area (TPSA) is 108 Å². The summed E-state index contributed by atoms with van der Waals surface area (Å²) in [4.78, 5) is 29.4. The summed E-state index contributed by atoms with van der Waals surface area (Å²) in [5, 5.41) is 5.78. The molecule has 0 fully saturated rings. The molecule has 0 radical (unpaired) electrons. The van der Waals surface area contributed by atoms with Gasteiger partial charge in [0.2, 0.25) is 15.9 Å². The number of sulfonamides is 1. The molecule has 0 atom stereocenters. The number of carbonyl (C=O) groups excluding carboxylic acids is 2. The van der Waals surface area contributed by atoms with Crippen molar-refractivity contribution in [3.05, 3.63) is 88.2 Å². The average molecular weight is 507 g/mol. The van der Waals surface area contributed by atoms with E-state index < -0.39 is 28.4 Å². The third-order valence-electron chi connectivity index (χ3n) is 4.49. The summed E-state index contributed by atoms with van der Waals surface area (Å²) in [5.74, 6) is -1.06. The molecule has 2 aromatic carbocycles. The molecule has 8 nitrogen and oxygen atoms in total. The molecule has 172 valence electrons. The fourth-order valence-corrected chi connectivity index (χ4v) is 4.38. The lowest BCUT2D eigenvalue weighted by Gasteiger charge is -2.23. The van der Waals surface area contributed by atoms with E-state index in [2.05, 4.69) is 15.6 Å². The second kappa shape index (κ2) is 10.7. The fourth-order valence-electron chi connectivity index (χ4n) is 2.96. The van der Waals surface area contributed by atoms with Crippen molar-refractivity contribution in [2.75, 3.05) is 22.4 Å². The Balaban J connectivity index is 1.76. The van der Waals surface area contributed by atoms with E-state index >= 15 is 0 Å². The Bertz CT molecular complexity index is 1270. The van der Waals surface area contributed by atoms with Crippen LogP contribution in [0.15, 0.2) is 67.0 Å². The number of benzene rings is 2. The van der Waals surface area contributed by atoms with Crippen molar-refractivity contribution < 1.29 is 18.0 Å². The van der Waals surface area contributed by atoms with E-state index in [-0.39, 0.29) is 28.5 Å². The minimum Gasteiger partial charge on any atom is -0.348 e. The minimum atomic E-state index is -3.85. The van der Waals surface area contributed by atoms with Crippen LogP contribution in [0.2, 0.25) is 10.0 Å². The predicted octanol–water partition coefficient (Wildman–Crippen LogP) is 3.72. The average Bonchev–Trinajstić information content (AvgIpc) is 2.77. The molecule has 1 heterocycles. The van der Waals surface area contributed by atoms with Gasteiger partial charge >= 0.3 is 0 Å². The molecule has 0 aliphatic carbocycles. The van der Waals surface area contributed by atoms with Gasteiger partial charge in [0, 0.05) is 24.0 Å². The van der Waals surface area contributed by atoms with Crippen LogP contribution in [0.5, 0.6) is 0 Å². The van der Waals surface area contributed by atoms with Gasteiger partial charge in [0.25, 0.3) is 5.91 Å². The standard InChI is InChI=1S/C22H20Cl2N4O4S/c1-33(31,32)28(20-9-8-16(23)11-18(20)24)14-21(29)27-19-7-3-2-6-17(19)22(30)26-13-15-5-4-10-25-12-15/h2-12H,13-14H2,1H3,(H,26,30)(H,27,29). The van der Waals surface area contributed by atoms with Gasteiger partial charge < -0.3 is 10.6 Å². The van der Waals surface area contributed by atoms with Crippen LogP contribution in [0.1, 0.15) is 15.9 Å². The highest BCUT2D eigenvalue weighted by Crippen LogP contribution is 2.30. The molecule has 0 bridgehead atoms. The van der Waals surface area contributed by atoms with E-state index in [1.54, 1.807) is 42.7 Å². The van der Waals surface area contributed by atoms with Gasteiger partial charge in [-0.15, -0.1) is 0 Å². The number of pyridine rings is 1. The van der Waals surface area contributed by atoms with Crippen LogP contribution in [-0.4, -0.2) is 38.0 Å². The first-order valence-electron chi connectivity index (χ1n) is 9.64. The summed E-state index contributed by atoms with van der Waals surface area (Å²) in [6.45, 7) is -0.294. The molecule has 11 heteroatoms. The number of rotatable bonds is 8. The van der Waals surface area contributed by atoms with Crippen LogP contribution in [-0.2, 0) is 21.4 Å². The van der Waals surface area contributed by atoms with Crippen molar-refractivity contribution in [2.24, 2.45) is 0 Å². The number of hydrogen-bond donors (Lipinski definition) is 2. The number of para-hydroxylation sites is 1. The fraction of sp³-hybridized carbons (Fsp3) is 0.136. The lowest BCUT2D eigenvalue weighted by atomic mass is 10.1. The van der Waals surface area contributed by atoms with Gasteiger partial charge in [0.1, 0.15) is 6.54 Å². The van der Waals surface area contributed by atoms with Gasteiger partial charge in [-0.05, 0) is 42.0 Å². The van der Waals surface area contributed by atoms with Crippen molar-refractivity contribution in [2.45, 2.75) is 6.54 Å². The summed E-state index contributed by atoms with van der Waals surface area (Å²) < 4.78 is 25.5. The van der Waals surface area contributed by atoms with Crippen molar-refractivity contribution in [3.8, 4) is 0 Å². The van der Waals surface area contributed by atoms with Crippen LogP contribution < -0.4 is 14.9 Å². The van der Waals surface area contributed by atoms with Crippen LogP contribution in [0.3, 0.4) is 0 Å². The molecule has 0 unspecified atom stereocenters. The first-order valence-corrected chi connectivity index (χ1v) is 12.2. The first-order chi connectivity index (χ1) is 15.6. The molecule has 3 rings (SSSR count). The van der Waals surface area contributed by atoms with Crippen molar-refractivity contribution >= 4 is 56.4 Å². The highest BCUT2D eigenvalue weighted by atomic mass is 35.5. The van der Waals surface area contributed by atoms with Gasteiger partial charge in [-0.25, -0.2) is 8.42 Å². The predicted molar refractivity (Wildman–Crippen MR) is 129 cm³/mol. The van der Waals surface area contributed by atoms with E-state index in [0.717, 1.165) is 16.1 Å². The molecule has 33 heavy (non-hydrogen) atoms. The second-order valence-electron chi connectivity index (χ2n) is 7.00. The molecular weight excluding hydrogens is 487 g/mol. The van der Waals surface area contributed by atoms with Crippen LogP contribution in [0.25, 0.3) is 0 Å². The Kier molecular flexibility index (Phi) is 7.91. The van der Waals surface area contributed by atoms with Crippen LogP contribution >= 0.6 is 23.2 Å². The normalized spacial score (nSPS) is 11.0. The third-order valence-corrected chi connectivity index (χ3v) is 6.15. The molecule has 0 saturated carbocycles. The maximum atomic E-state index is 12.7. The largest absolute Gasteiger partial charge is 0.348 e. The zero-order valence-electron chi connectivity index (χ0n) is 17.5. The highest BCUT2D eigenvalue weighted by molar-refractivity contribution is 7.92. The minimum absolute atomic E-state index is 0.0795. The molecule has 1 aromatic heterocycles. The number of carbonyl (C=O) groups is 2. The Hall–Kier alpha value is -3.14. The zero-order valence-corrected chi connectivity index (χ0v) is 19.8. The Labute approximate surface area is 201 Å². The lowest BCUT2D eigenvalue weighted by Crippen LogP contribution is -2.38. The molecular formula is C22H20Cl2N4O4S. The summed E-state index contributed by atoms with van der Waals surface area (Å²) in [7, 11) is -3.85.